The van der Waals surface area contributed by atoms with E-state index < -0.39 is 39.8 Å². The average Bonchev–Trinajstić information content (AvgIpc) is 2.76. The summed E-state index contributed by atoms with van der Waals surface area (Å²) in [6.45, 7) is 0.734. The third-order valence-electron chi connectivity index (χ3n) is 5.03. The number of unbranched alkanes of at least 4 members (excludes halogenated alkanes) is 2. The first kappa shape index (κ1) is 23.1. The number of methoxy groups -OCH3 is 1. The fourth-order valence-electron chi connectivity index (χ4n) is 3.28. The van der Waals surface area contributed by atoms with Gasteiger partial charge in [-0.1, -0.05) is 6.07 Å². The summed E-state index contributed by atoms with van der Waals surface area (Å²) in [6, 6.07) is 2.90. The minimum absolute atomic E-state index is 0.0262. The number of amides is 1. The second kappa shape index (κ2) is 10.2. The van der Waals surface area contributed by atoms with Crippen LogP contribution in [0.2, 0.25) is 0 Å². The number of rotatable bonds is 9. The van der Waals surface area contributed by atoms with Gasteiger partial charge in [0.15, 0.2) is 11.3 Å². The molecule has 0 aliphatic carbocycles. The summed E-state index contributed by atoms with van der Waals surface area (Å²) in [5, 5.41) is 12.7. The highest BCUT2D eigenvalue weighted by atomic mass is 19.1. The monoisotopic (exact) mass is 447 g/mol. The highest BCUT2D eigenvalue weighted by Gasteiger charge is 2.19. The van der Waals surface area contributed by atoms with Gasteiger partial charge >= 0.3 is 0 Å². The van der Waals surface area contributed by atoms with E-state index in [9.17, 15) is 28.3 Å². The Hall–Kier alpha value is -3.53. The van der Waals surface area contributed by atoms with E-state index in [1.807, 2.05) is 0 Å². The van der Waals surface area contributed by atoms with Crippen molar-refractivity contribution in [2.75, 3.05) is 13.7 Å². The van der Waals surface area contributed by atoms with Gasteiger partial charge in [0.05, 0.1) is 0 Å². The Labute approximate surface area is 181 Å². The fourth-order valence-corrected chi connectivity index (χ4v) is 3.28. The summed E-state index contributed by atoms with van der Waals surface area (Å²) in [6.07, 6.45) is 6.51. The van der Waals surface area contributed by atoms with Crippen molar-refractivity contribution >= 4 is 11.4 Å². The van der Waals surface area contributed by atoms with Gasteiger partial charge in [-0.05, 0) is 25.3 Å². The molecule has 1 amide bonds. The number of ether oxygens (including phenoxy) is 1. The van der Waals surface area contributed by atoms with Crippen LogP contribution in [-0.4, -0.2) is 33.7 Å². The molecule has 0 radical (unpaired) electrons. The summed E-state index contributed by atoms with van der Waals surface area (Å²) < 4.78 is 34.3. The molecule has 2 heterocycles. The molecule has 10 heteroatoms. The Morgan fingerprint density at radius 3 is 2.66 bits per heavy atom. The van der Waals surface area contributed by atoms with E-state index in [1.165, 1.54) is 27.4 Å². The Balaban J connectivity index is 1.82. The minimum atomic E-state index is -1.02. The third-order valence-corrected chi connectivity index (χ3v) is 5.03. The smallest absolute Gasteiger partial charge is 0.278 e. The van der Waals surface area contributed by atoms with Crippen molar-refractivity contribution in [2.45, 2.75) is 32.4 Å². The summed E-state index contributed by atoms with van der Waals surface area (Å²) in [7, 11) is 1.62. The number of benzene rings is 1. The molecule has 2 N–H and O–H groups in total. The number of carbonyl (C=O) groups excluding carboxylic acids is 1. The molecule has 0 saturated heterocycles. The van der Waals surface area contributed by atoms with Crippen molar-refractivity contribution in [3.63, 3.8) is 0 Å². The van der Waals surface area contributed by atoms with Crippen LogP contribution in [0.15, 0.2) is 46.4 Å². The molecule has 8 nitrogen and oxygen atoms in total. The van der Waals surface area contributed by atoms with Crippen LogP contribution in [0.1, 0.15) is 35.2 Å². The maximum Gasteiger partial charge on any atom is 0.278 e. The predicted octanol–water partition coefficient (Wildman–Crippen LogP) is 2.19. The number of pyridine rings is 1. The van der Waals surface area contributed by atoms with E-state index in [0.717, 1.165) is 25.1 Å². The zero-order valence-corrected chi connectivity index (χ0v) is 17.4. The molecule has 1 aromatic carbocycles. The third kappa shape index (κ3) is 5.02. The van der Waals surface area contributed by atoms with Crippen molar-refractivity contribution in [1.82, 2.24) is 14.3 Å². The number of carbonyl (C=O) groups is 1. The molecule has 3 aromatic rings. The number of aromatic hydroxyl groups is 1. The molecule has 0 atom stereocenters. The van der Waals surface area contributed by atoms with Gasteiger partial charge in [-0.2, -0.15) is 0 Å². The largest absolute Gasteiger partial charge is 0.503 e. The van der Waals surface area contributed by atoms with Crippen molar-refractivity contribution in [3.05, 3.63) is 80.1 Å². The van der Waals surface area contributed by atoms with Crippen molar-refractivity contribution in [3.8, 4) is 5.75 Å². The Kier molecular flexibility index (Phi) is 7.37. The number of aryl methyl sites for hydroxylation is 1. The molecular formula is C22H23F2N3O5. The molecule has 0 fully saturated rings. The molecule has 0 saturated carbocycles. The van der Waals surface area contributed by atoms with Gasteiger partial charge in [0.2, 0.25) is 5.43 Å². The molecule has 0 spiro atoms. The Bertz CT molecular complexity index is 1250. The van der Waals surface area contributed by atoms with Gasteiger partial charge in [0.1, 0.15) is 17.2 Å². The molecule has 32 heavy (non-hydrogen) atoms. The van der Waals surface area contributed by atoms with Gasteiger partial charge in [-0.15, -0.1) is 0 Å². The van der Waals surface area contributed by atoms with Crippen molar-refractivity contribution < 1.29 is 23.4 Å². The van der Waals surface area contributed by atoms with Crippen LogP contribution in [-0.2, 0) is 17.8 Å². The number of aromatic nitrogens is 2. The van der Waals surface area contributed by atoms with Crippen LogP contribution >= 0.6 is 0 Å². The van der Waals surface area contributed by atoms with Gasteiger partial charge in [0.25, 0.3) is 11.5 Å². The van der Waals surface area contributed by atoms with Crippen LogP contribution in [0, 0.1) is 11.6 Å². The van der Waals surface area contributed by atoms with Gasteiger partial charge in [-0.25, -0.2) is 8.78 Å². The molecule has 170 valence electrons. The fraction of sp³-hybridized carbons (Fsp3) is 0.318. The average molecular weight is 447 g/mol. The quantitative estimate of drug-likeness (QED) is 0.490. The summed E-state index contributed by atoms with van der Waals surface area (Å²) in [5.74, 6) is -3.31. The number of fused-ring (bicyclic) bond motifs is 1. The first-order valence-corrected chi connectivity index (χ1v) is 10.0. The molecule has 3 rings (SSSR count). The standard InChI is InChI=1S/C22H23F2N3O5/c1-32-10-4-2-3-7-26-8-9-27-13-16(19(28)20(29)18(27)22(26)31)21(30)25-12-14-5-6-15(23)11-17(14)24/h5-6,8-9,11,13,29H,2-4,7,10,12H2,1H3,(H,25,30). The minimum Gasteiger partial charge on any atom is -0.503 e. The highest BCUT2D eigenvalue weighted by Crippen LogP contribution is 2.13. The van der Waals surface area contributed by atoms with Gasteiger partial charge < -0.3 is 24.1 Å². The van der Waals surface area contributed by atoms with Gasteiger partial charge in [-0.3, -0.25) is 14.4 Å². The first-order valence-electron chi connectivity index (χ1n) is 10.0. The van der Waals surface area contributed by atoms with Crippen LogP contribution in [0.25, 0.3) is 5.52 Å². The number of nitrogens with one attached hydrogen (secondary N) is 1. The lowest BCUT2D eigenvalue weighted by molar-refractivity contribution is 0.0948. The second-order valence-corrected chi connectivity index (χ2v) is 7.24. The molecule has 0 bridgehead atoms. The second-order valence-electron chi connectivity index (χ2n) is 7.24. The van der Waals surface area contributed by atoms with Crippen LogP contribution < -0.4 is 16.3 Å². The lowest BCUT2D eigenvalue weighted by Crippen LogP contribution is -2.31. The Morgan fingerprint density at radius 2 is 1.94 bits per heavy atom. The van der Waals surface area contributed by atoms with Crippen LogP contribution in [0.5, 0.6) is 5.75 Å². The first-order chi connectivity index (χ1) is 15.3. The number of nitrogens with zero attached hydrogens (tertiary/aromatic N) is 2. The summed E-state index contributed by atoms with van der Waals surface area (Å²) in [4.78, 5) is 37.7. The van der Waals surface area contributed by atoms with E-state index in [4.69, 9.17) is 4.74 Å². The van der Waals surface area contributed by atoms with E-state index in [-0.39, 0.29) is 17.6 Å². The molecular weight excluding hydrogens is 424 g/mol. The normalized spacial score (nSPS) is 11.1. The van der Waals surface area contributed by atoms with E-state index >= 15 is 0 Å². The zero-order chi connectivity index (χ0) is 23.3. The lowest BCUT2D eigenvalue weighted by Gasteiger charge is -2.11. The van der Waals surface area contributed by atoms with E-state index in [1.54, 1.807) is 7.11 Å². The van der Waals surface area contributed by atoms with Gasteiger partial charge in [0, 0.05) is 57.0 Å². The van der Waals surface area contributed by atoms with E-state index in [0.29, 0.717) is 25.6 Å². The maximum absolute atomic E-state index is 13.7. The maximum atomic E-state index is 13.7. The number of hydrogen-bond donors (Lipinski definition) is 2. The topological polar surface area (TPSA) is 102 Å². The molecule has 2 aromatic heterocycles. The van der Waals surface area contributed by atoms with Crippen LogP contribution in [0.3, 0.4) is 0 Å². The molecule has 0 aliphatic heterocycles. The number of halogens is 2. The predicted molar refractivity (Wildman–Crippen MR) is 113 cm³/mol. The molecule has 0 aliphatic rings. The van der Waals surface area contributed by atoms with E-state index in [2.05, 4.69) is 5.32 Å². The summed E-state index contributed by atoms with van der Waals surface area (Å²) in [5.41, 5.74) is -2.21. The van der Waals surface area contributed by atoms with Crippen molar-refractivity contribution in [1.29, 1.82) is 0 Å². The van der Waals surface area contributed by atoms with Crippen LogP contribution in [0.4, 0.5) is 8.78 Å². The number of hydrogen-bond acceptors (Lipinski definition) is 5. The van der Waals surface area contributed by atoms with Crippen molar-refractivity contribution in [2.24, 2.45) is 0 Å². The Morgan fingerprint density at radius 1 is 1.16 bits per heavy atom. The zero-order valence-electron chi connectivity index (χ0n) is 17.4. The summed E-state index contributed by atoms with van der Waals surface area (Å²) >= 11 is 0. The lowest BCUT2D eigenvalue weighted by atomic mass is 10.2. The highest BCUT2D eigenvalue weighted by molar-refractivity contribution is 5.94. The SMILES string of the molecule is COCCCCCn1ccn2cc(C(=O)NCc3ccc(F)cc3F)c(=O)c(O)c2c1=O. The molecule has 0 unspecified atom stereocenters.